The van der Waals surface area contributed by atoms with Crippen LogP contribution in [0.3, 0.4) is 0 Å². The molecular formula is C11H23N. The Labute approximate surface area is 77.1 Å². The first-order valence-corrected chi connectivity index (χ1v) is 5.37. The van der Waals surface area contributed by atoms with Crippen molar-refractivity contribution >= 4 is 0 Å². The molecule has 0 saturated carbocycles. The summed E-state index contributed by atoms with van der Waals surface area (Å²) in [7, 11) is 2.23. The SMILES string of the molecule is CCCCC(C)C1CN(C)C1C. The van der Waals surface area contributed by atoms with Crippen LogP contribution in [0, 0.1) is 11.8 Å². The monoisotopic (exact) mass is 169 g/mol. The third-order valence-electron chi connectivity index (χ3n) is 3.56. The average molecular weight is 169 g/mol. The van der Waals surface area contributed by atoms with Gasteiger partial charge in [-0.3, -0.25) is 0 Å². The number of hydrogen-bond acceptors (Lipinski definition) is 1. The van der Waals surface area contributed by atoms with Crippen LogP contribution in [-0.4, -0.2) is 24.5 Å². The zero-order valence-corrected chi connectivity index (χ0v) is 9.01. The van der Waals surface area contributed by atoms with Crippen LogP contribution in [0.4, 0.5) is 0 Å². The van der Waals surface area contributed by atoms with Gasteiger partial charge in [-0.2, -0.15) is 0 Å². The highest BCUT2D eigenvalue weighted by atomic mass is 15.2. The fraction of sp³-hybridized carbons (Fsp3) is 1.00. The van der Waals surface area contributed by atoms with Crippen LogP contribution in [0.15, 0.2) is 0 Å². The molecule has 12 heavy (non-hydrogen) atoms. The first-order chi connectivity index (χ1) is 5.66. The highest BCUT2D eigenvalue weighted by Crippen LogP contribution is 2.31. The van der Waals surface area contributed by atoms with Crippen LogP contribution in [0.1, 0.15) is 40.0 Å². The lowest BCUT2D eigenvalue weighted by atomic mass is 9.78. The fourth-order valence-corrected chi connectivity index (χ4v) is 2.24. The molecule has 0 N–H and O–H groups in total. The van der Waals surface area contributed by atoms with Gasteiger partial charge in [-0.1, -0.05) is 33.1 Å². The summed E-state index contributed by atoms with van der Waals surface area (Å²) in [6.45, 7) is 8.38. The van der Waals surface area contributed by atoms with Crippen molar-refractivity contribution in [2.24, 2.45) is 11.8 Å². The molecular weight excluding hydrogens is 146 g/mol. The number of likely N-dealkylation sites (tertiary alicyclic amines) is 1. The topological polar surface area (TPSA) is 3.24 Å². The van der Waals surface area contributed by atoms with E-state index in [2.05, 4.69) is 32.7 Å². The minimum Gasteiger partial charge on any atom is -0.303 e. The van der Waals surface area contributed by atoms with Crippen molar-refractivity contribution in [2.45, 2.75) is 46.1 Å². The van der Waals surface area contributed by atoms with Crippen molar-refractivity contribution < 1.29 is 0 Å². The van der Waals surface area contributed by atoms with E-state index >= 15 is 0 Å². The highest BCUT2D eigenvalue weighted by molar-refractivity contribution is 4.88. The lowest BCUT2D eigenvalue weighted by Gasteiger charge is -2.47. The number of unbranched alkanes of at least 4 members (excludes halogenated alkanes) is 1. The molecule has 1 fully saturated rings. The zero-order chi connectivity index (χ0) is 9.14. The number of rotatable bonds is 4. The molecule has 1 heterocycles. The molecule has 0 aromatic heterocycles. The molecule has 1 aliphatic rings. The summed E-state index contributed by atoms with van der Waals surface area (Å²) in [5.41, 5.74) is 0. The van der Waals surface area contributed by atoms with Gasteiger partial charge in [0.25, 0.3) is 0 Å². The van der Waals surface area contributed by atoms with Crippen molar-refractivity contribution in [3.63, 3.8) is 0 Å². The molecule has 0 radical (unpaired) electrons. The molecule has 3 atom stereocenters. The summed E-state index contributed by atoms with van der Waals surface area (Å²) in [5.74, 6) is 1.91. The van der Waals surface area contributed by atoms with Crippen LogP contribution in [0.25, 0.3) is 0 Å². The maximum Gasteiger partial charge on any atom is 0.0107 e. The van der Waals surface area contributed by atoms with Gasteiger partial charge in [0.15, 0.2) is 0 Å². The summed E-state index contributed by atoms with van der Waals surface area (Å²) >= 11 is 0. The van der Waals surface area contributed by atoms with E-state index in [1.807, 2.05) is 0 Å². The summed E-state index contributed by atoms with van der Waals surface area (Å²) in [6, 6.07) is 0.830. The second-order valence-electron chi connectivity index (χ2n) is 4.46. The van der Waals surface area contributed by atoms with E-state index in [1.54, 1.807) is 0 Å². The van der Waals surface area contributed by atoms with Gasteiger partial charge in [0.1, 0.15) is 0 Å². The Morgan fingerprint density at radius 3 is 2.58 bits per heavy atom. The van der Waals surface area contributed by atoms with E-state index in [0.29, 0.717) is 0 Å². The molecule has 1 nitrogen and oxygen atoms in total. The molecule has 72 valence electrons. The predicted octanol–water partition coefficient (Wildman–Crippen LogP) is 2.76. The Bertz CT molecular complexity index is 133. The molecule has 1 aliphatic heterocycles. The molecule has 1 saturated heterocycles. The summed E-state index contributed by atoms with van der Waals surface area (Å²) in [4.78, 5) is 2.45. The molecule has 0 amide bonds. The Balaban J connectivity index is 2.20. The maximum absolute atomic E-state index is 2.45. The van der Waals surface area contributed by atoms with Crippen LogP contribution in [0.2, 0.25) is 0 Å². The maximum atomic E-state index is 2.45. The molecule has 3 unspecified atom stereocenters. The lowest BCUT2D eigenvalue weighted by molar-refractivity contribution is 0.0161. The van der Waals surface area contributed by atoms with E-state index < -0.39 is 0 Å². The van der Waals surface area contributed by atoms with Gasteiger partial charge in [0.2, 0.25) is 0 Å². The van der Waals surface area contributed by atoms with Crippen LogP contribution in [-0.2, 0) is 0 Å². The highest BCUT2D eigenvalue weighted by Gasteiger charge is 2.35. The van der Waals surface area contributed by atoms with E-state index in [1.165, 1.54) is 25.8 Å². The number of hydrogen-bond donors (Lipinski definition) is 0. The largest absolute Gasteiger partial charge is 0.303 e. The van der Waals surface area contributed by atoms with Crippen molar-refractivity contribution in [3.05, 3.63) is 0 Å². The molecule has 1 rings (SSSR count). The quantitative estimate of drug-likeness (QED) is 0.625. The third-order valence-corrected chi connectivity index (χ3v) is 3.56. The van der Waals surface area contributed by atoms with Gasteiger partial charge in [-0.05, 0) is 25.8 Å². The Morgan fingerprint density at radius 1 is 1.50 bits per heavy atom. The first kappa shape index (κ1) is 10.0. The summed E-state index contributed by atoms with van der Waals surface area (Å²) in [5, 5.41) is 0. The second kappa shape index (κ2) is 4.27. The molecule has 0 aromatic rings. The predicted molar refractivity (Wildman–Crippen MR) is 54.3 cm³/mol. The number of nitrogens with zero attached hydrogens (tertiary/aromatic N) is 1. The van der Waals surface area contributed by atoms with E-state index in [-0.39, 0.29) is 0 Å². The minimum atomic E-state index is 0.830. The van der Waals surface area contributed by atoms with Gasteiger partial charge >= 0.3 is 0 Å². The smallest absolute Gasteiger partial charge is 0.0107 e. The molecule has 0 aromatic carbocycles. The van der Waals surface area contributed by atoms with Gasteiger partial charge in [0.05, 0.1) is 0 Å². The standard InChI is InChI=1S/C11H23N/c1-5-6-7-9(2)11-8-12(4)10(11)3/h9-11H,5-8H2,1-4H3. The average Bonchev–Trinajstić information content (AvgIpc) is 2.09. The lowest BCUT2D eigenvalue weighted by Crippen LogP contribution is -2.54. The van der Waals surface area contributed by atoms with E-state index in [0.717, 1.165) is 17.9 Å². The fourth-order valence-electron chi connectivity index (χ4n) is 2.24. The normalized spacial score (nSPS) is 33.0. The van der Waals surface area contributed by atoms with Crippen LogP contribution in [0.5, 0.6) is 0 Å². The van der Waals surface area contributed by atoms with Crippen molar-refractivity contribution in [3.8, 4) is 0 Å². The Hall–Kier alpha value is -0.0400. The van der Waals surface area contributed by atoms with Gasteiger partial charge in [0, 0.05) is 12.6 Å². The van der Waals surface area contributed by atoms with E-state index in [9.17, 15) is 0 Å². The van der Waals surface area contributed by atoms with Gasteiger partial charge in [-0.25, -0.2) is 0 Å². The molecule has 0 spiro atoms. The molecule has 1 heteroatoms. The van der Waals surface area contributed by atoms with Crippen LogP contribution < -0.4 is 0 Å². The first-order valence-electron chi connectivity index (χ1n) is 5.37. The minimum absolute atomic E-state index is 0.830. The van der Waals surface area contributed by atoms with Gasteiger partial charge < -0.3 is 4.90 Å². The van der Waals surface area contributed by atoms with Gasteiger partial charge in [-0.15, -0.1) is 0 Å². The zero-order valence-electron chi connectivity index (χ0n) is 9.01. The van der Waals surface area contributed by atoms with Crippen molar-refractivity contribution in [2.75, 3.05) is 13.6 Å². The molecule has 0 bridgehead atoms. The van der Waals surface area contributed by atoms with Crippen molar-refractivity contribution in [1.82, 2.24) is 4.90 Å². The summed E-state index contributed by atoms with van der Waals surface area (Å²) < 4.78 is 0. The van der Waals surface area contributed by atoms with Crippen LogP contribution >= 0.6 is 0 Å². The van der Waals surface area contributed by atoms with Crippen molar-refractivity contribution in [1.29, 1.82) is 0 Å². The third kappa shape index (κ3) is 2.01. The second-order valence-corrected chi connectivity index (χ2v) is 4.46. The Morgan fingerprint density at radius 2 is 2.17 bits per heavy atom. The Kier molecular flexibility index (Phi) is 3.57. The van der Waals surface area contributed by atoms with E-state index in [4.69, 9.17) is 0 Å². The molecule has 0 aliphatic carbocycles. The summed E-state index contributed by atoms with van der Waals surface area (Å²) in [6.07, 6.45) is 4.19.